The number of fused-ring (bicyclic) bond motifs is 2. The van der Waals surface area contributed by atoms with Crippen LogP contribution in [-0.2, 0) is 14.3 Å². The fourth-order valence-corrected chi connectivity index (χ4v) is 5.72. The van der Waals surface area contributed by atoms with Crippen LogP contribution in [0, 0.1) is 12.7 Å². The third-order valence-corrected chi connectivity index (χ3v) is 7.86. The Hall–Kier alpha value is -3.30. The highest BCUT2D eigenvalue weighted by molar-refractivity contribution is 5.93. The third-order valence-electron chi connectivity index (χ3n) is 7.86. The van der Waals surface area contributed by atoms with Crippen molar-refractivity contribution in [3.05, 3.63) is 53.1 Å². The topological polar surface area (TPSA) is 102 Å². The quantitative estimate of drug-likeness (QED) is 0.417. The van der Waals surface area contributed by atoms with Crippen LogP contribution in [0.3, 0.4) is 0 Å². The van der Waals surface area contributed by atoms with Gasteiger partial charge in [0.05, 0.1) is 23.8 Å². The van der Waals surface area contributed by atoms with Crippen molar-refractivity contribution in [2.24, 2.45) is 0 Å². The van der Waals surface area contributed by atoms with Gasteiger partial charge in [0.1, 0.15) is 5.82 Å². The summed E-state index contributed by atoms with van der Waals surface area (Å²) in [7, 11) is 0. The number of benzene rings is 1. The zero-order valence-electron chi connectivity index (χ0n) is 20.4. The molecule has 2 atom stereocenters. The highest BCUT2D eigenvalue weighted by Crippen LogP contribution is 2.45. The van der Waals surface area contributed by atoms with Crippen LogP contribution in [0.4, 0.5) is 4.39 Å². The molecule has 0 radical (unpaired) electrons. The van der Waals surface area contributed by atoms with Gasteiger partial charge in [-0.05, 0) is 69.4 Å². The van der Waals surface area contributed by atoms with Crippen molar-refractivity contribution in [1.82, 2.24) is 19.7 Å². The fraction of sp³-hybridized carbons (Fsp3) is 0.444. The lowest BCUT2D eigenvalue weighted by Gasteiger charge is -2.35. The van der Waals surface area contributed by atoms with E-state index in [1.54, 1.807) is 20.0 Å². The Morgan fingerprint density at radius 2 is 2.03 bits per heavy atom. The van der Waals surface area contributed by atoms with Gasteiger partial charge in [0, 0.05) is 47.4 Å². The van der Waals surface area contributed by atoms with Crippen LogP contribution in [0.15, 0.2) is 30.5 Å². The number of aliphatic carboxylic acids is 1. The maximum absolute atomic E-state index is 14.3. The number of carboxylic acid groups (broad SMARTS) is 1. The highest BCUT2D eigenvalue weighted by Gasteiger charge is 2.41. The molecule has 0 unspecified atom stereocenters. The predicted molar refractivity (Wildman–Crippen MR) is 132 cm³/mol. The van der Waals surface area contributed by atoms with Crippen molar-refractivity contribution in [3.63, 3.8) is 0 Å². The molecule has 1 aromatic carbocycles. The molecular weight excluding hydrogens is 463 g/mol. The molecule has 36 heavy (non-hydrogen) atoms. The van der Waals surface area contributed by atoms with Gasteiger partial charge in [0.2, 0.25) is 0 Å². The van der Waals surface area contributed by atoms with Crippen molar-refractivity contribution in [2.45, 2.75) is 57.0 Å². The first-order chi connectivity index (χ1) is 17.4. The number of nitrogens with one attached hydrogen (secondary N) is 1. The average molecular weight is 493 g/mol. The zero-order valence-corrected chi connectivity index (χ0v) is 20.4. The van der Waals surface area contributed by atoms with Crippen LogP contribution < -0.4 is 0 Å². The minimum atomic E-state index is -1.19. The standard InChI is InChI=1S/C27H29FN4O4/c1-15-11-19(3-4-20(15)28)32-21-12-18-13-29-31-25(18)30-23(21)22(24(32)16-6-9-35-10-7-16)17-5-8-27(2,26(33)34)36-14-17/h3-4,11-13,16-17H,5-10,14H2,1-2H3,(H,33,34)(H,29,30,31)/t17-,27+/m0/s1. The fourth-order valence-electron chi connectivity index (χ4n) is 5.72. The Balaban J connectivity index is 1.61. The summed E-state index contributed by atoms with van der Waals surface area (Å²) in [6, 6.07) is 7.28. The lowest BCUT2D eigenvalue weighted by Crippen LogP contribution is -2.43. The number of hydrogen-bond acceptors (Lipinski definition) is 5. The number of carbonyl (C=O) groups is 1. The largest absolute Gasteiger partial charge is 0.479 e. The number of ether oxygens (including phenoxy) is 2. The van der Waals surface area contributed by atoms with E-state index >= 15 is 0 Å². The van der Waals surface area contributed by atoms with E-state index in [0.29, 0.717) is 43.9 Å². The first-order valence-electron chi connectivity index (χ1n) is 12.5. The van der Waals surface area contributed by atoms with E-state index in [4.69, 9.17) is 14.5 Å². The van der Waals surface area contributed by atoms with E-state index in [1.807, 2.05) is 12.1 Å². The van der Waals surface area contributed by atoms with Crippen LogP contribution in [0.2, 0.25) is 0 Å². The number of H-pyrrole nitrogens is 1. The molecule has 0 spiro atoms. The summed E-state index contributed by atoms with van der Waals surface area (Å²) in [6.45, 7) is 5.05. The second kappa shape index (κ2) is 8.67. The summed E-state index contributed by atoms with van der Waals surface area (Å²) < 4.78 is 28.2. The molecule has 0 bridgehead atoms. The van der Waals surface area contributed by atoms with Gasteiger partial charge < -0.3 is 19.1 Å². The molecule has 2 saturated heterocycles. The molecule has 2 N–H and O–H groups in total. The summed E-state index contributed by atoms with van der Waals surface area (Å²) in [6.07, 6.45) is 4.57. The van der Waals surface area contributed by atoms with Gasteiger partial charge in [0.15, 0.2) is 11.2 Å². The van der Waals surface area contributed by atoms with Gasteiger partial charge in [-0.3, -0.25) is 5.10 Å². The Labute approximate surface area is 207 Å². The van der Waals surface area contributed by atoms with Crippen LogP contribution in [-0.4, -0.2) is 56.2 Å². The van der Waals surface area contributed by atoms with E-state index in [-0.39, 0.29) is 17.7 Å². The molecule has 0 saturated carbocycles. The maximum atomic E-state index is 14.3. The van der Waals surface area contributed by atoms with Gasteiger partial charge in [0.25, 0.3) is 0 Å². The van der Waals surface area contributed by atoms with E-state index in [0.717, 1.165) is 46.2 Å². The number of aryl methyl sites for hydroxylation is 1. The summed E-state index contributed by atoms with van der Waals surface area (Å²) in [5, 5.41) is 17.7. The number of pyridine rings is 1. The van der Waals surface area contributed by atoms with Crippen LogP contribution in [0.5, 0.6) is 0 Å². The van der Waals surface area contributed by atoms with Crippen LogP contribution in [0.1, 0.15) is 61.3 Å². The molecule has 2 aliphatic heterocycles. The molecule has 2 aliphatic rings. The first kappa shape index (κ1) is 23.1. The number of nitrogens with zero attached hydrogens (tertiary/aromatic N) is 3. The van der Waals surface area contributed by atoms with Crippen molar-refractivity contribution in [3.8, 4) is 5.69 Å². The number of hydrogen-bond donors (Lipinski definition) is 2. The number of halogens is 1. The summed E-state index contributed by atoms with van der Waals surface area (Å²) in [5.74, 6) is -0.981. The van der Waals surface area contributed by atoms with Crippen molar-refractivity contribution < 1.29 is 23.8 Å². The number of aromatic amines is 1. The van der Waals surface area contributed by atoms with Crippen LogP contribution >= 0.6 is 0 Å². The summed E-state index contributed by atoms with van der Waals surface area (Å²) in [5.41, 5.74) is 4.96. The summed E-state index contributed by atoms with van der Waals surface area (Å²) in [4.78, 5) is 16.8. The van der Waals surface area contributed by atoms with E-state index in [2.05, 4.69) is 20.8 Å². The number of carboxylic acids is 1. The normalized spacial score (nSPS) is 23.5. The first-order valence-corrected chi connectivity index (χ1v) is 12.5. The van der Waals surface area contributed by atoms with Gasteiger partial charge >= 0.3 is 5.97 Å². The second-order valence-corrected chi connectivity index (χ2v) is 10.2. The zero-order chi connectivity index (χ0) is 25.0. The summed E-state index contributed by atoms with van der Waals surface area (Å²) >= 11 is 0. The Bertz CT molecular complexity index is 1460. The van der Waals surface area contributed by atoms with Gasteiger partial charge in [-0.15, -0.1) is 0 Å². The van der Waals surface area contributed by atoms with Crippen molar-refractivity contribution in [1.29, 1.82) is 0 Å². The number of aromatic nitrogens is 4. The molecule has 4 aromatic rings. The van der Waals surface area contributed by atoms with Gasteiger partial charge in [-0.2, -0.15) is 5.10 Å². The SMILES string of the molecule is Cc1cc(-n2c(C3CCOCC3)c([C@H]3CC[C@](C)(C(=O)O)OC3)c3nc4[nH]ncc4cc32)ccc1F. The molecule has 9 heteroatoms. The van der Waals surface area contributed by atoms with Gasteiger partial charge in [-0.25, -0.2) is 14.2 Å². The van der Waals surface area contributed by atoms with E-state index in [9.17, 15) is 14.3 Å². The molecule has 0 aliphatic carbocycles. The lowest BCUT2D eigenvalue weighted by molar-refractivity contribution is -0.170. The Morgan fingerprint density at radius 3 is 2.72 bits per heavy atom. The van der Waals surface area contributed by atoms with Gasteiger partial charge in [-0.1, -0.05) is 0 Å². The smallest absolute Gasteiger partial charge is 0.335 e. The molecule has 5 heterocycles. The van der Waals surface area contributed by atoms with Crippen LogP contribution in [0.25, 0.3) is 27.8 Å². The molecule has 8 nitrogen and oxygen atoms in total. The molecule has 3 aromatic heterocycles. The number of rotatable bonds is 4. The van der Waals surface area contributed by atoms with E-state index in [1.165, 1.54) is 6.07 Å². The van der Waals surface area contributed by atoms with Crippen molar-refractivity contribution in [2.75, 3.05) is 19.8 Å². The maximum Gasteiger partial charge on any atom is 0.335 e. The molecule has 6 rings (SSSR count). The Morgan fingerprint density at radius 1 is 1.22 bits per heavy atom. The third kappa shape index (κ3) is 3.69. The second-order valence-electron chi connectivity index (χ2n) is 10.2. The molecular formula is C27H29FN4O4. The monoisotopic (exact) mass is 492 g/mol. The lowest BCUT2D eigenvalue weighted by atomic mass is 9.82. The average Bonchev–Trinajstić information content (AvgIpc) is 3.47. The molecule has 188 valence electrons. The highest BCUT2D eigenvalue weighted by atomic mass is 19.1. The van der Waals surface area contributed by atoms with E-state index < -0.39 is 11.6 Å². The predicted octanol–water partition coefficient (Wildman–Crippen LogP) is 4.98. The Kier molecular flexibility index (Phi) is 5.57. The minimum Gasteiger partial charge on any atom is -0.479 e. The minimum absolute atomic E-state index is 0.0200. The molecule has 0 amide bonds. The van der Waals surface area contributed by atoms with Crippen molar-refractivity contribution >= 4 is 28.0 Å². The molecule has 2 fully saturated rings.